The van der Waals surface area contributed by atoms with E-state index in [1.165, 1.54) is 11.1 Å². The lowest BCUT2D eigenvalue weighted by Crippen LogP contribution is -2.50. The number of carbonyl (C=O) groups is 1. The average molecular weight is 453 g/mol. The molecule has 5 nitrogen and oxygen atoms in total. The number of hydrogen-bond donors (Lipinski definition) is 0. The van der Waals surface area contributed by atoms with E-state index in [1.807, 2.05) is 12.1 Å². The lowest BCUT2D eigenvalue weighted by atomic mass is 9.92. The van der Waals surface area contributed by atoms with Gasteiger partial charge in [0, 0.05) is 69.0 Å². The molecule has 170 valence electrons. The smallest absolute Gasteiger partial charge is 0.238 e. The number of carbonyl (C=O) groups excluding carboxylic acids is 1. The summed E-state index contributed by atoms with van der Waals surface area (Å²) in [4.78, 5) is 23.1. The van der Waals surface area contributed by atoms with Crippen LogP contribution in [0.1, 0.15) is 23.5 Å². The van der Waals surface area contributed by atoms with Gasteiger partial charge in [0.05, 0.1) is 5.41 Å². The van der Waals surface area contributed by atoms with E-state index in [2.05, 4.69) is 70.1 Å². The zero-order valence-electron chi connectivity index (χ0n) is 19.1. The molecule has 1 saturated heterocycles. The van der Waals surface area contributed by atoms with Gasteiger partial charge in [0.15, 0.2) is 0 Å². The van der Waals surface area contributed by atoms with Crippen LogP contribution in [-0.4, -0.2) is 87.1 Å². The minimum Gasteiger partial charge on any atom is -0.310 e. The number of benzene rings is 2. The van der Waals surface area contributed by atoms with Crippen LogP contribution in [0.5, 0.6) is 0 Å². The summed E-state index contributed by atoms with van der Waals surface area (Å²) in [5.41, 5.74) is 3.15. The Morgan fingerprint density at radius 3 is 2.28 bits per heavy atom. The first kappa shape index (κ1) is 21.9. The van der Waals surface area contributed by atoms with E-state index < -0.39 is 0 Å². The molecule has 6 heteroatoms. The second-order valence-electron chi connectivity index (χ2n) is 9.74. The number of amides is 1. The van der Waals surface area contributed by atoms with Crippen molar-refractivity contribution in [2.75, 3.05) is 71.4 Å². The average Bonchev–Trinajstić information content (AvgIpc) is 3.51. The fraction of sp³-hybridized carbons (Fsp3) is 0.500. The van der Waals surface area contributed by atoms with Gasteiger partial charge >= 0.3 is 0 Å². The van der Waals surface area contributed by atoms with Crippen LogP contribution in [0, 0.1) is 0 Å². The number of likely N-dealkylation sites (N-methyl/N-ethyl adjacent to an activating group) is 1. The quantitative estimate of drug-likeness (QED) is 0.644. The Bertz CT molecular complexity index is 970. The highest BCUT2D eigenvalue weighted by atomic mass is 35.5. The molecule has 0 aromatic heterocycles. The second-order valence-corrected chi connectivity index (χ2v) is 10.2. The van der Waals surface area contributed by atoms with Gasteiger partial charge in [0.1, 0.15) is 0 Å². The van der Waals surface area contributed by atoms with Crippen LogP contribution < -0.4 is 4.90 Å². The van der Waals surface area contributed by atoms with Crippen molar-refractivity contribution in [3.8, 4) is 0 Å². The molecule has 3 aliphatic rings. The van der Waals surface area contributed by atoms with Crippen LogP contribution in [0.15, 0.2) is 48.5 Å². The highest BCUT2D eigenvalue weighted by Crippen LogP contribution is 2.66. The summed E-state index contributed by atoms with van der Waals surface area (Å²) in [6.45, 7) is 8.32. The van der Waals surface area contributed by atoms with Crippen molar-refractivity contribution in [3.05, 3.63) is 64.7 Å². The molecular weight excluding hydrogens is 420 g/mol. The Kier molecular flexibility index (Phi) is 6.01. The van der Waals surface area contributed by atoms with Gasteiger partial charge in [-0.2, -0.15) is 0 Å². The monoisotopic (exact) mass is 452 g/mol. The lowest BCUT2D eigenvalue weighted by Gasteiger charge is -2.36. The van der Waals surface area contributed by atoms with Crippen molar-refractivity contribution >= 4 is 23.2 Å². The van der Waals surface area contributed by atoms with Crippen molar-refractivity contribution in [1.82, 2.24) is 14.7 Å². The highest BCUT2D eigenvalue weighted by molar-refractivity contribution is 6.30. The van der Waals surface area contributed by atoms with Crippen molar-refractivity contribution in [3.63, 3.8) is 0 Å². The summed E-state index contributed by atoms with van der Waals surface area (Å²) in [7, 11) is 4.26. The molecular formula is C26H33ClN4O. The molecule has 2 heterocycles. The number of para-hydroxylation sites is 1. The van der Waals surface area contributed by atoms with Gasteiger partial charge < -0.3 is 9.80 Å². The molecule has 2 atom stereocenters. The maximum absolute atomic E-state index is 13.7. The second kappa shape index (κ2) is 8.79. The number of halogens is 1. The Morgan fingerprint density at radius 2 is 1.59 bits per heavy atom. The molecule has 1 aliphatic carbocycles. The number of nitrogens with zero attached hydrogens (tertiary/aromatic N) is 4. The summed E-state index contributed by atoms with van der Waals surface area (Å²) in [6.07, 6.45) is 0.894. The van der Waals surface area contributed by atoms with Crippen LogP contribution >= 0.6 is 11.6 Å². The van der Waals surface area contributed by atoms with E-state index in [4.69, 9.17) is 11.6 Å². The molecule has 0 unspecified atom stereocenters. The zero-order chi connectivity index (χ0) is 22.3. The molecule has 2 aromatic rings. The third-order valence-electron chi connectivity index (χ3n) is 7.50. The number of piperazine rings is 1. The third-order valence-corrected chi connectivity index (χ3v) is 7.76. The SMILES string of the molecule is CN(C)CCN1CCN(CCN2C(=O)[C@]3(C[C@@H]3c3ccc(Cl)cc3)c3ccccc32)CC1. The van der Waals surface area contributed by atoms with Crippen LogP contribution in [0.25, 0.3) is 0 Å². The van der Waals surface area contributed by atoms with E-state index in [0.717, 1.165) is 69.5 Å². The molecule has 2 aliphatic heterocycles. The predicted molar refractivity (Wildman–Crippen MR) is 131 cm³/mol. The van der Waals surface area contributed by atoms with Crippen molar-refractivity contribution in [1.29, 1.82) is 0 Å². The molecule has 1 amide bonds. The van der Waals surface area contributed by atoms with E-state index in [1.54, 1.807) is 0 Å². The molecule has 2 aromatic carbocycles. The standard InChI is InChI=1S/C26H33ClN4O/c1-28(2)11-12-29-13-15-30(16-14-29)17-18-31-24-6-4-3-5-22(24)26(25(31)32)19-23(26)20-7-9-21(27)10-8-20/h3-10,23H,11-19H2,1-2H3/t23-,26-/m1/s1. The molecule has 0 N–H and O–H groups in total. The largest absolute Gasteiger partial charge is 0.310 e. The summed E-state index contributed by atoms with van der Waals surface area (Å²) in [6, 6.07) is 16.4. The summed E-state index contributed by atoms with van der Waals surface area (Å²) in [5, 5.41) is 0.741. The predicted octanol–water partition coefficient (Wildman–Crippen LogP) is 3.29. The molecule has 2 fully saturated rings. The van der Waals surface area contributed by atoms with Crippen LogP contribution in [-0.2, 0) is 10.2 Å². The van der Waals surface area contributed by atoms with Gasteiger partial charge in [-0.05, 0) is 49.8 Å². The first-order valence-electron chi connectivity index (χ1n) is 11.8. The highest BCUT2D eigenvalue weighted by Gasteiger charge is 2.66. The van der Waals surface area contributed by atoms with Crippen molar-refractivity contribution in [2.45, 2.75) is 17.8 Å². The van der Waals surface area contributed by atoms with Crippen LogP contribution in [0.2, 0.25) is 5.02 Å². The minimum absolute atomic E-state index is 0.249. The van der Waals surface area contributed by atoms with Gasteiger partial charge in [-0.15, -0.1) is 0 Å². The topological polar surface area (TPSA) is 30.0 Å². The lowest BCUT2D eigenvalue weighted by molar-refractivity contribution is -0.120. The fourth-order valence-corrected chi connectivity index (χ4v) is 5.61. The normalized spacial score (nSPS) is 25.7. The molecule has 0 radical (unpaired) electrons. The van der Waals surface area contributed by atoms with Gasteiger partial charge in [0.25, 0.3) is 0 Å². The fourth-order valence-electron chi connectivity index (χ4n) is 5.49. The van der Waals surface area contributed by atoms with E-state index >= 15 is 0 Å². The third kappa shape index (κ3) is 3.96. The van der Waals surface area contributed by atoms with Crippen LogP contribution in [0.4, 0.5) is 5.69 Å². The number of hydrogen-bond acceptors (Lipinski definition) is 4. The van der Waals surface area contributed by atoms with E-state index in [0.29, 0.717) is 0 Å². The molecule has 5 rings (SSSR count). The maximum atomic E-state index is 13.7. The Hall–Kier alpha value is -1.92. The number of fused-ring (bicyclic) bond motifs is 2. The summed E-state index contributed by atoms with van der Waals surface area (Å²) >= 11 is 6.09. The summed E-state index contributed by atoms with van der Waals surface area (Å²) in [5.74, 6) is 0.530. The molecule has 0 bridgehead atoms. The first-order valence-corrected chi connectivity index (χ1v) is 12.1. The van der Waals surface area contributed by atoms with E-state index in [-0.39, 0.29) is 17.2 Å². The van der Waals surface area contributed by atoms with E-state index in [9.17, 15) is 4.79 Å². The Labute approximate surface area is 196 Å². The zero-order valence-corrected chi connectivity index (χ0v) is 19.9. The number of rotatable bonds is 7. The molecule has 1 spiro atoms. The first-order chi connectivity index (χ1) is 15.5. The van der Waals surface area contributed by atoms with Crippen molar-refractivity contribution in [2.24, 2.45) is 0 Å². The van der Waals surface area contributed by atoms with Gasteiger partial charge in [-0.1, -0.05) is 41.9 Å². The number of anilines is 1. The van der Waals surface area contributed by atoms with Crippen molar-refractivity contribution < 1.29 is 4.79 Å². The molecule has 32 heavy (non-hydrogen) atoms. The Morgan fingerprint density at radius 1 is 0.938 bits per heavy atom. The van der Waals surface area contributed by atoms with Crippen LogP contribution in [0.3, 0.4) is 0 Å². The van der Waals surface area contributed by atoms with Gasteiger partial charge in [0.2, 0.25) is 5.91 Å². The summed E-state index contributed by atoms with van der Waals surface area (Å²) < 4.78 is 0. The van der Waals surface area contributed by atoms with Gasteiger partial charge in [-0.3, -0.25) is 14.6 Å². The molecule has 1 saturated carbocycles. The Balaban J connectivity index is 1.24. The minimum atomic E-state index is -0.380. The van der Waals surface area contributed by atoms with Gasteiger partial charge in [-0.25, -0.2) is 0 Å². The maximum Gasteiger partial charge on any atom is 0.238 e.